The highest BCUT2D eigenvalue weighted by Crippen LogP contribution is 2.37. The Hall–Kier alpha value is -1.86. The first-order valence-corrected chi connectivity index (χ1v) is 10.1. The number of piperidine rings is 1. The lowest BCUT2D eigenvalue weighted by Gasteiger charge is -2.46. The van der Waals surface area contributed by atoms with Crippen molar-refractivity contribution in [1.82, 2.24) is 14.8 Å². The van der Waals surface area contributed by atoms with Gasteiger partial charge < -0.3 is 19.9 Å². The van der Waals surface area contributed by atoms with E-state index < -0.39 is 0 Å². The number of hydrogen-bond donors (Lipinski definition) is 2. The van der Waals surface area contributed by atoms with Crippen LogP contribution in [0.2, 0.25) is 0 Å². The predicted molar refractivity (Wildman–Crippen MR) is 104 cm³/mol. The lowest BCUT2D eigenvalue weighted by molar-refractivity contribution is 0.00589. The second-order valence-electron chi connectivity index (χ2n) is 8.44. The Balaban J connectivity index is 1.52. The van der Waals surface area contributed by atoms with Crippen LogP contribution in [-0.4, -0.2) is 53.9 Å². The van der Waals surface area contributed by atoms with Crippen LogP contribution >= 0.6 is 0 Å². The Morgan fingerprint density at radius 2 is 1.96 bits per heavy atom. The van der Waals surface area contributed by atoms with Gasteiger partial charge in [-0.05, 0) is 51.2 Å². The van der Waals surface area contributed by atoms with Gasteiger partial charge in [-0.2, -0.15) is 0 Å². The highest BCUT2D eigenvalue weighted by Gasteiger charge is 2.37. The molecule has 0 radical (unpaired) electrons. The summed E-state index contributed by atoms with van der Waals surface area (Å²) in [4.78, 5) is 27.5. The zero-order valence-electron chi connectivity index (χ0n) is 16.2. The normalized spacial score (nSPS) is 25.9. The van der Waals surface area contributed by atoms with Crippen molar-refractivity contribution in [2.24, 2.45) is 5.92 Å². The average Bonchev–Trinajstić information content (AvgIpc) is 2.64. The van der Waals surface area contributed by atoms with E-state index in [0.717, 1.165) is 57.8 Å². The van der Waals surface area contributed by atoms with E-state index in [2.05, 4.69) is 15.5 Å². The minimum atomic E-state index is -0.329. The summed E-state index contributed by atoms with van der Waals surface area (Å²) in [6, 6.07) is 4.11. The number of carbonyl (C=O) groups excluding carboxylic acids is 1. The van der Waals surface area contributed by atoms with Crippen LogP contribution in [0.25, 0.3) is 0 Å². The number of urea groups is 1. The van der Waals surface area contributed by atoms with Crippen molar-refractivity contribution in [2.75, 3.05) is 31.6 Å². The monoisotopic (exact) mass is 374 g/mol. The average molecular weight is 374 g/mol. The summed E-state index contributed by atoms with van der Waals surface area (Å²) < 4.78 is 7.41. The molecule has 2 fully saturated rings. The Labute approximate surface area is 160 Å². The molecule has 4 heterocycles. The smallest absolute Gasteiger partial charge is 0.319 e. The van der Waals surface area contributed by atoms with Crippen molar-refractivity contribution in [3.05, 3.63) is 28.2 Å². The number of amides is 2. The zero-order valence-corrected chi connectivity index (χ0v) is 16.2. The fourth-order valence-electron chi connectivity index (χ4n) is 4.85. The first-order valence-electron chi connectivity index (χ1n) is 10.1. The van der Waals surface area contributed by atoms with E-state index in [-0.39, 0.29) is 17.6 Å². The molecule has 0 aliphatic carbocycles. The quantitative estimate of drug-likeness (QED) is 0.848. The molecule has 3 aliphatic rings. The molecule has 2 amide bonds. The molecule has 7 nitrogen and oxygen atoms in total. The van der Waals surface area contributed by atoms with Gasteiger partial charge >= 0.3 is 6.03 Å². The number of nitrogens with zero attached hydrogens (tertiary/aromatic N) is 2. The van der Waals surface area contributed by atoms with Crippen molar-refractivity contribution in [3.63, 3.8) is 0 Å². The predicted octanol–water partition coefficient (Wildman–Crippen LogP) is 1.98. The number of pyridine rings is 1. The molecule has 0 unspecified atom stereocenters. The van der Waals surface area contributed by atoms with Crippen molar-refractivity contribution >= 4 is 11.7 Å². The van der Waals surface area contributed by atoms with Gasteiger partial charge in [0.1, 0.15) is 5.69 Å². The molecule has 3 aliphatic heterocycles. The number of nitrogens with one attached hydrogen (secondary N) is 2. The Kier molecular flexibility index (Phi) is 5.23. The van der Waals surface area contributed by atoms with E-state index in [9.17, 15) is 9.59 Å². The van der Waals surface area contributed by atoms with E-state index in [1.54, 1.807) is 6.07 Å². The molecule has 4 rings (SSSR count). The van der Waals surface area contributed by atoms with Crippen molar-refractivity contribution < 1.29 is 9.53 Å². The first kappa shape index (κ1) is 18.5. The first-order chi connectivity index (χ1) is 13.0. The van der Waals surface area contributed by atoms with Crippen molar-refractivity contribution in [2.45, 2.75) is 57.7 Å². The number of ether oxygens (including phenoxy) is 1. The van der Waals surface area contributed by atoms with Crippen LogP contribution in [-0.2, 0) is 11.3 Å². The van der Waals surface area contributed by atoms with Gasteiger partial charge in [0.25, 0.3) is 5.56 Å². The van der Waals surface area contributed by atoms with Gasteiger partial charge in [0.2, 0.25) is 0 Å². The van der Waals surface area contributed by atoms with E-state index in [0.29, 0.717) is 23.6 Å². The number of carbonyl (C=O) groups is 1. The maximum absolute atomic E-state index is 12.9. The summed E-state index contributed by atoms with van der Waals surface area (Å²) >= 11 is 0. The molecule has 2 saturated heterocycles. The van der Waals surface area contributed by atoms with Gasteiger partial charge in [0, 0.05) is 56.5 Å². The van der Waals surface area contributed by atoms with Gasteiger partial charge in [-0.1, -0.05) is 0 Å². The number of aromatic nitrogens is 1. The van der Waals surface area contributed by atoms with Crippen LogP contribution in [0.4, 0.5) is 10.5 Å². The van der Waals surface area contributed by atoms with Crippen LogP contribution in [0.15, 0.2) is 16.9 Å². The standard InChI is InChI=1S/C20H30N4O3/c1-13(2)21-20(26)22-17-3-4-18-15-9-14(11-24(18)19(17)25)10-23(12-15)16-5-7-27-8-6-16/h3-4,13-16H,5-12H2,1-2H3,(H2,21,22,26)/t14-,15-/m1/s1. The number of hydrogen-bond acceptors (Lipinski definition) is 4. The molecule has 7 heteroatoms. The van der Waals surface area contributed by atoms with E-state index in [1.807, 2.05) is 24.5 Å². The minimum Gasteiger partial charge on any atom is -0.381 e. The second-order valence-corrected chi connectivity index (χ2v) is 8.44. The van der Waals surface area contributed by atoms with Gasteiger partial charge in [0.05, 0.1) is 0 Å². The molecule has 148 valence electrons. The number of likely N-dealkylation sites (tertiary alicyclic amines) is 1. The lowest BCUT2D eigenvalue weighted by atomic mass is 9.82. The number of rotatable bonds is 3. The van der Waals surface area contributed by atoms with Crippen LogP contribution in [0.5, 0.6) is 0 Å². The van der Waals surface area contributed by atoms with Crippen LogP contribution in [0.3, 0.4) is 0 Å². The number of fused-ring (bicyclic) bond motifs is 4. The second kappa shape index (κ2) is 7.64. The summed E-state index contributed by atoms with van der Waals surface area (Å²) in [5.41, 5.74) is 1.39. The third-order valence-corrected chi connectivity index (χ3v) is 6.01. The van der Waals surface area contributed by atoms with Gasteiger partial charge in [0.15, 0.2) is 0 Å². The zero-order chi connectivity index (χ0) is 19.0. The molecular formula is C20H30N4O3. The van der Waals surface area contributed by atoms with Crippen molar-refractivity contribution in [1.29, 1.82) is 0 Å². The van der Waals surface area contributed by atoms with Gasteiger partial charge in [-0.3, -0.25) is 9.69 Å². The third kappa shape index (κ3) is 3.89. The molecule has 0 aromatic carbocycles. The largest absolute Gasteiger partial charge is 0.381 e. The molecule has 1 aromatic heterocycles. The summed E-state index contributed by atoms with van der Waals surface area (Å²) in [6.07, 6.45) is 3.37. The topological polar surface area (TPSA) is 75.6 Å². The lowest BCUT2D eigenvalue weighted by Crippen LogP contribution is -2.52. The molecule has 1 aromatic rings. The molecule has 0 spiro atoms. The Bertz CT molecular complexity index is 754. The summed E-state index contributed by atoms with van der Waals surface area (Å²) in [5.74, 6) is 0.892. The fourth-order valence-corrected chi connectivity index (χ4v) is 4.85. The van der Waals surface area contributed by atoms with E-state index >= 15 is 0 Å². The molecule has 2 atom stereocenters. The minimum absolute atomic E-state index is 0.0286. The fraction of sp³-hybridized carbons (Fsp3) is 0.700. The highest BCUT2D eigenvalue weighted by atomic mass is 16.5. The third-order valence-electron chi connectivity index (χ3n) is 6.01. The van der Waals surface area contributed by atoms with Crippen molar-refractivity contribution in [3.8, 4) is 0 Å². The molecule has 2 bridgehead atoms. The Morgan fingerprint density at radius 1 is 1.19 bits per heavy atom. The van der Waals surface area contributed by atoms with Crippen LogP contribution < -0.4 is 16.2 Å². The molecule has 27 heavy (non-hydrogen) atoms. The van der Waals surface area contributed by atoms with Crippen LogP contribution in [0, 0.1) is 5.92 Å². The van der Waals surface area contributed by atoms with E-state index in [1.165, 1.54) is 0 Å². The Morgan fingerprint density at radius 3 is 2.70 bits per heavy atom. The summed E-state index contributed by atoms with van der Waals surface area (Å²) in [7, 11) is 0. The van der Waals surface area contributed by atoms with E-state index in [4.69, 9.17) is 4.74 Å². The summed E-state index contributed by atoms with van der Waals surface area (Å²) in [6.45, 7) is 8.32. The molecule has 0 saturated carbocycles. The summed E-state index contributed by atoms with van der Waals surface area (Å²) in [5, 5.41) is 5.48. The molecule has 2 N–H and O–H groups in total. The SMILES string of the molecule is CC(C)NC(=O)Nc1ccc2n(c1=O)C[C@@H]1C[C@@H]2CN(C2CCOCC2)C1. The van der Waals surface area contributed by atoms with Gasteiger partial charge in [-0.15, -0.1) is 0 Å². The highest BCUT2D eigenvalue weighted by molar-refractivity contribution is 5.89. The molecular weight excluding hydrogens is 344 g/mol. The van der Waals surface area contributed by atoms with Crippen LogP contribution in [0.1, 0.15) is 44.7 Å². The number of anilines is 1. The maximum Gasteiger partial charge on any atom is 0.319 e. The van der Waals surface area contributed by atoms with Gasteiger partial charge in [-0.25, -0.2) is 4.79 Å². The maximum atomic E-state index is 12.9.